The number of carbonyl (C=O) groups is 1. The highest BCUT2D eigenvalue weighted by Crippen LogP contribution is 2.30. The minimum absolute atomic E-state index is 0.0564. The lowest BCUT2D eigenvalue weighted by atomic mass is 9.97. The molecule has 0 atom stereocenters. The van der Waals surface area contributed by atoms with Crippen molar-refractivity contribution in [3.63, 3.8) is 0 Å². The molecule has 0 spiro atoms. The van der Waals surface area contributed by atoms with Crippen LogP contribution in [0.4, 0.5) is 14.5 Å². The molecular formula is C25H22F2N4O4S. The third kappa shape index (κ3) is 5.35. The number of anilines is 1. The predicted molar refractivity (Wildman–Crippen MR) is 128 cm³/mol. The number of hydrogen-bond donors (Lipinski definition) is 1. The van der Waals surface area contributed by atoms with Crippen molar-refractivity contribution < 1.29 is 26.5 Å². The summed E-state index contributed by atoms with van der Waals surface area (Å²) in [5, 5.41) is 15.5. The summed E-state index contributed by atoms with van der Waals surface area (Å²) in [6, 6.07) is 11.6. The zero-order valence-electron chi connectivity index (χ0n) is 19.2. The van der Waals surface area contributed by atoms with Crippen molar-refractivity contribution in [2.75, 3.05) is 18.4 Å². The summed E-state index contributed by atoms with van der Waals surface area (Å²) in [4.78, 5) is 12.5. The van der Waals surface area contributed by atoms with Gasteiger partial charge < -0.3 is 9.84 Å². The Bertz CT molecular complexity index is 1470. The third-order valence-corrected chi connectivity index (χ3v) is 7.95. The van der Waals surface area contributed by atoms with Crippen molar-refractivity contribution in [1.29, 1.82) is 5.26 Å². The van der Waals surface area contributed by atoms with Crippen LogP contribution in [0.1, 0.15) is 35.4 Å². The van der Waals surface area contributed by atoms with Crippen molar-refractivity contribution in [3.8, 4) is 6.07 Å². The van der Waals surface area contributed by atoms with Gasteiger partial charge in [-0.3, -0.25) is 4.79 Å². The minimum Gasteiger partial charge on any atom is -0.355 e. The Hall–Kier alpha value is -3.88. The Kier molecular flexibility index (Phi) is 7.28. The van der Waals surface area contributed by atoms with Gasteiger partial charge in [-0.1, -0.05) is 11.2 Å². The second kappa shape index (κ2) is 10.4. The van der Waals surface area contributed by atoms with Crippen LogP contribution in [0.15, 0.2) is 51.9 Å². The number of nitrogens with one attached hydrogen (secondary N) is 1. The fraction of sp³-hybridized carbons (Fsp3) is 0.240. The van der Waals surface area contributed by atoms with Gasteiger partial charge in [0.05, 0.1) is 11.6 Å². The molecule has 1 fully saturated rings. The van der Waals surface area contributed by atoms with Crippen molar-refractivity contribution in [3.05, 3.63) is 76.7 Å². The van der Waals surface area contributed by atoms with Gasteiger partial charge in [-0.2, -0.15) is 9.57 Å². The molecule has 1 aromatic heterocycles. The number of amides is 1. The van der Waals surface area contributed by atoms with Crippen molar-refractivity contribution >= 4 is 33.8 Å². The molecule has 1 aliphatic rings. The molecule has 1 saturated heterocycles. The van der Waals surface area contributed by atoms with E-state index in [-0.39, 0.29) is 40.9 Å². The summed E-state index contributed by atoms with van der Waals surface area (Å²) in [5.74, 6) is -2.24. The van der Waals surface area contributed by atoms with Crippen molar-refractivity contribution in [2.24, 2.45) is 5.92 Å². The van der Waals surface area contributed by atoms with E-state index in [1.165, 1.54) is 29.4 Å². The first kappa shape index (κ1) is 25.2. The molecule has 3 aromatic rings. The molecule has 186 valence electrons. The monoisotopic (exact) mass is 512 g/mol. The molecule has 2 heterocycles. The molecule has 36 heavy (non-hydrogen) atoms. The molecule has 2 aromatic carbocycles. The molecule has 0 bridgehead atoms. The SMILES string of the molecule is Cc1noc(/C=C/c2ccc(F)cc2F)c1S(=O)(=O)N1CCC(C(=O)Nc2cccc(C#N)c2)CC1. The predicted octanol–water partition coefficient (Wildman–Crippen LogP) is 4.34. The topological polar surface area (TPSA) is 116 Å². The normalized spacial score (nSPS) is 15.2. The third-order valence-electron chi connectivity index (χ3n) is 5.89. The highest BCUT2D eigenvalue weighted by atomic mass is 32.2. The van der Waals surface area contributed by atoms with E-state index in [1.807, 2.05) is 6.07 Å². The summed E-state index contributed by atoms with van der Waals surface area (Å²) in [6.45, 7) is 1.71. The number of halogens is 2. The number of hydrogen-bond acceptors (Lipinski definition) is 6. The molecule has 1 aliphatic heterocycles. The molecule has 0 aliphatic carbocycles. The molecule has 4 rings (SSSR count). The molecule has 1 amide bonds. The zero-order chi connectivity index (χ0) is 25.9. The molecule has 0 unspecified atom stereocenters. The maximum absolute atomic E-state index is 14.0. The lowest BCUT2D eigenvalue weighted by molar-refractivity contribution is -0.120. The average Bonchev–Trinajstić information content (AvgIpc) is 3.24. The Morgan fingerprint density at radius 1 is 1.19 bits per heavy atom. The number of sulfonamides is 1. The fourth-order valence-corrected chi connectivity index (χ4v) is 5.72. The summed E-state index contributed by atoms with van der Waals surface area (Å²) in [6.07, 6.45) is 3.17. The van der Waals surface area contributed by atoms with E-state index in [0.29, 0.717) is 24.1 Å². The lowest BCUT2D eigenvalue weighted by Gasteiger charge is -2.30. The molecule has 1 N–H and O–H groups in total. The second-order valence-corrected chi connectivity index (χ2v) is 10.2. The van der Waals surface area contributed by atoms with E-state index in [2.05, 4.69) is 10.5 Å². The van der Waals surface area contributed by atoms with Crippen LogP contribution in [0.3, 0.4) is 0 Å². The highest BCUT2D eigenvalue weighted by Gasteiger charge is 2.36. The Morgan fingerprint density at radius 3 is 2.64 bits per heavy atom. The molecule has 8 nitrogen and oxygen atoms in total. The van der Waals surface area contributed by atoms with Gasteiger partial charge in [-0.05, 0) is 62.2 Å². The van der Waals surface area contributed by atoms with Gasteiger partial charge in [-0.25, -0.2) is 17.2 Å². The lowest BCUT2D eigenvalue weighted by Crippen LogP contribution is -2.41. The smallest absolute Gasteiger partial charge is 0.248 e. The van der Waals surface area contributed by atoms with Crippen LogP contribution in [-0.2, 0) is 14.8 Å². The van der Waals surface area contributed by atoms with Crippen LogP contribution in [0.25, 0.3) is 12.2 Å². The van der Waals surface area contributed by atoms with E-state index in [1.54, 1.807) is 24.3 Å². The number of piperidine rings is 1. The largest absolute Gasteiger partial charge is 0.355 e. The number of carbonyl (C=O) groups excluding carboxylic acids is 1. The number of rotatable bonds is 6. The van der Waals surface area contributed by atoms with Gasteiger partial charge in [0.1, 0.15) is 17.3 Å². The van der Waals surface area contributed by atoms with E-state index in [9.17, 15) is 22.0 Å². The first-order chi connectivity index (χ1) is 17.2. The molecule has 0 radical (unpaired) electrons. The van der Waals surface area contributed by atoms with Crippen LogP contribution in [-0.4, -0.2) is 36.9 Å². The molecule has 11 heteroatoms. The Labute approximate surface area is 206 Å². The van der Waals surface area contributed by atoms with Crippen LogP contribution < -0.4 is 5.32 Å². The van der Waals surface area contributed by atoms with E-state index < -0.39 is 27.6 Å². The highest BCUT2D eigenvalue weighted by molar-refractivity contribution is 7.89. The fourth-order valence-electron chi connectivity index (χ4n) is 4.00. The van der Waals surface area contributed by atoms with Gasteiger partial charge in [-0.15, -0.1) is 0 Å². The van der Waals surface area contributed by atoms with Crippen LogP contribution in [0, 0.1) is 35.8 Å². The standard InChI is InChI=1S/C25H22F2N4O4S/c1-16-24(23(35-30-16)8-6-18-5-7-20(26)14-22(18)27)36(33,34)31-11-9-19(10-12-31)25(32)29-21-4-2-3-17(13-21)15-28/h2-8,13-14,19H,9-12H2,1H3,(H,29,32)/b8-6+. The average molecular weight is 513 g/mol. The van der Waals surface area contributed by atoms with Crippen LogP contribution in [0.2, 0.25) is 0 Å². The van der Waals surface area contributed by atoms with Gasteiger partial charge >= 0.3 is 0 Å². The first-order valence-electron chi connectivity index (χ1n) is 11.1. The summed E-state index contributed by atoms with van der Waals surface area (Å²) in [7, 11) is -4.01. The zero-order valence-corrected chi connectivity index (χ0v) is 20.1. The molecular weight excluding hydrogens is 490 g/mol. The Balaban J connectivity index is 1.46. The van der Waals surface area contributed by atoms with Crippen molar-refractivity contribution in [2.45, 2.75) is 24.7 Å². The Morgan fingerprint density at radius 2 is 1.94 bits per heavy atom. The van der Waals surface area contributed by atoms with E-state index >= 15 is 0 Å². The van der Waals surface area contributed by atoms with Gasteiger partial charge in [0.2, 0.25) is 15.9 Å². The summed E-state index contributed by atoms with van der Waals surface area (Å²) < 4.78 is 60.3. The van der Waals surface area contributed by atoms with Gasteiger partial charge in [0, 0.05) is 36.3 Å². The van der Waals surface area contributed by atoms with E-state index in [4.69, 9.17) is 9.78 Å². The number of aryl methyl sites for hydroxylation is 1. The quantitative estimate of drug-likeness (QED) is 0.525. The number of nitriles is 1. The number of benzene rings is 2. The summed E-state index contributed by atoms with van der Waals surface area (Å²) in [5.41, 5.74) is 1.13. The maximum Gasteiger partial charge on any atom is 0.248 e. The number of nitrogens with zero attached hydrogens (tertiary/aromatic N) is 3. The minimum atomic E-state index is -4.01. The number of aromatic nitrogens is 1. The second-order valence-electron chi connectivity index (χ2n) is 8.32. The first-order valence-corrected chi connectivity index (χ1v) is 12.5. The summed E-state index contributed by atoms with van der Waals surface area (Å²) >= 11 is 0. The molecule has 0 saturated carbocycles. The van der Waals surface area contributed by atoms with Crippen molar-refractivity contribution in [1.82, 2.24) is 9.46 Å². The van der Waals surface area contributed by atoms with Crippen LogP contribution >= 0.6 is 0 Å². The van der Waals surface area contributed by atoms with Gasteiger partial charge in [0.15, 0.2) is 10.7 Å². The maximum atomic E-state index is 14.0. The van der Waals surface area contributed by atoms with Crippen LogP contribution in [0.5, 0.6) is 0 Å². The van der Waals surface area contributed by atoms with Gasteiger partial charge in [0.25, 0.3) is 0 Å². The van der Waals surface area contributed by atoms with E-state index in [0.717, 1.165) is 12.1 Å².